The summed E-state index contributed by atoms with van der Waals surface area (Å²) in [5.74, 6) is -0.103. The second-order valence-electron chi connectivity index (χ2n) is 5.32. The summed E-state index contributed by atoms with van der Waals surface area (Å²) >= 11 is 0. The molecule has 0 aliphatic heterocycles. The topological polar surface area (TPSA) is 44.8 Å². The fraction of sp³-hybridized carbons (Fsp3) is 0.941. The van der Waals surface area contributed by atoms with E-state index in [0.717, 1.165) is 32.3 Å². The first-order valence-corrected chi connectivity index (χ1v) is 8.62. The van der Waals surface area contributed by atoms with E-state index >= 15 is 0 Å². The minimum absolute atomic E-state index is 0.103. The predicted octanol–water partition coefficient (Wildman–Crippen LogP) is 4.11. The molecule has 0 aliphatic rings. The average molecular weight is 302 g/mol. The molecule has 4 nitrogen and oxygen atoms in total. The summed E-state index contributed by atoms with van der Waals surface area (Å²) < 4.78 is 15.8. The maximum atomic E-state index is 11.4. The molecule has 0 aromatic carbocycles. The van der Waals surface area contributed by atoms with Crippen molar-refractivity contribution >= 4 is 5.97 Å². The lowest BCUT2D eigenvalue weighted by atomic mass is 10.1. The molecular formula is C17H34O4. The van der Waals surface area contributed by atoms with Gasteiger partial charge in [0.25, 0.3) is 0 Å². The van der Waals surface area contributed by atoms with Crippen molar-refractivity contribution in [1.29, 1.82) is 0 Å². The van der Waals surface area contributed by atoms with Gasteiger partial charge in [-0.3, -0.25) is 4.79 Å². The van der Waals surface area contributed by atoms with Gasteiger partial charge in [-0.1, -0.05) is 52.4 Å². The Morgan fingerprint density at radius 3 is 1.95 bits per heavy atom. The van der Waals surface area contributed by atoms with Crippen LogP contribution in [0.3, 0.4) is 0 Å². The second-order valence-corrected chi connectivity index (χ2v) is 5.32. The van der Waals surface area contributed by atoms with Gasteiger partial charge in [-0.2, -0.15) is 0 Å². The maximum absolute atomic E-state index is 11.4. The quantitative estimate of drug-likeness (QED) is 0.318. The summed E-state index contributed by atoms with van der Waals surface area (Å²) in [6.07, 6.45) is 9.89. The molecule has 0 bridgehead atoms. The fourth-order valence-electron chi connectivity index (χ4n) is 1.90. The molecule has 0 spiro atoms. The van der Waals surface area contributed by atoms with Crippen LogP contribution < -0.4 is 0 Å². The molecule has 21 heavy (non-hydrogen) atoms. The standard InChI is InChI=1S/C17H34O4/c1-3-5-7-8-9-10-11-17(18)21-16-15-20-14-13-19-12-6-4-2/h3-16H2,1-2H3. The predicted molar refractivity (Wildman–Crippen MR) is 85.5 cm³/mol. The molecule has 0 saturated heterocycles. The third-order valence-corrected chi connectivity index (χ3v) is 3.24. The van der Waals surface area contributed by atoms with Gasteiger partial charge in [0.05, 0.1) is 19.8 Å². The van der Waals surface area contributed by atoms with Crippen LogP contribution in [0.1, 0.15) is 71.6 Å². The van der Waals surface area contributed by atoms with Gasteiger partial charge in [-0.15, -0.1) is 0 Å². The van der Waals surface area contributed by atoms with Crippen molar-refractivity contribution < 1.29 is 19.0 Å². The van der Waals surface area contributed by atoms with Gasteiger partial charge in [0.15, 0.2) is 0 Å². The number of hydrogen-bond donors (Lipinski definition) is 0. The third-order valence-electron chi connectivity index (χ3n) is 3.24. The SMILES string of the molecule is CCCCCCCCC(=O)OCCOCCOCCCC. The number of hydrogen-bond acceptors (Lipinski definition) is 4. The maximum Gasteiger partial charge on any atom is 0.305 e. The van der Waals surface area contributed by atoms with E-state index in [-0.39, 0.29) is 5.97 Å². The zero-order valence-electron chi connectivity index (χ0n) is 14.0. The Bertz CT molecular complexity index is 219. The molecule has 0 N–H and O–H groups in total. The van der Waals surface area contributed by atoms with Crippen LogP contribution in [-0.2, 0) is 19.0 Å². The molecule has 0 aromatic rings. The van der Waals surface area contributed by atoms with Crippen LogP contribution in [0.4, 0.5) is 0 Å². The monoisotopic (exact) mass is 302 g/mol. The van der Waals surface area contributed by atoms with Gasteiger partial charge in [-0.05, 0) is 12.8 Å². The zero-order chi connectivity index (χ0) is 15.6. The summed E-state index contributed by atoms with van der Waals surface area (Å²) in [6, 6.07) is 0. The molecular weight excluding hydrogens is 268 g/mol. The van der Waals surface area contributed by atoms with Crippen LogP contribution in [0.5, 0.6) is 0 Å². The fourth-order valence-corrected chi connectivity index (χ4v) is 1.90. The first-order chi connectivity index (χ1) is 10.3. The van der Waals surface area contributed by atoms with Crippen LogP contribution in [0.2, 0.25) is 0 Å². The Kier molecular flexibility index (Phi) is 16.9. The Balaban J connectivity index is 3.12. The zero-order valence-corrected chi connectivity index (χ0v) is 14.0. The minimum Gasteiger partial charge on any atom is -0.463 e. The van der Waals surface area contributed by atoms with E-state index in [9.17, 15) is 4.79 Å². The van der Waals surface area contributed by atoms with Gasteiger partial charge >= 0.3 is 5.97 Å². The van der Waals surface area contributed by atoms with Gasteiger partial charge < -0.3 is 14.2 Å². The van der Waals surface area contributed by atoms with Crippen molar-refractivity contribution in [2.75, 3.05) is 33.0 Å². The molecule has 0 aliphatic carbocycles. The summed E-state index contributed by atoms with van der Waals surface area (Å²) in [5, 5.41) is 0. The van der Waals surface area contributed by atoms with Gasteiger partial charge in [0.1, 0.15) is 6.61 Å². The lowest BCUT2D eigenvalue weighted by Gasteiger charge is -2.07. The van der Waals surface area contributed by atoms with Crippen LogP contribution >= 0.6 is 0 Å². The molecule has 0 fully saturated rings. The lowest BCUT2D eigenvalue weighted by Crippen LogP contribution is -2.13. The van der Waals surface area contributed by atoms with Crippen LogP contribution in [-0.4, -0.2) is 39.0 Å². The van der Waals surface area contributed by atoms with E-state index in [1.807, 2.05) is 0 Å². The third kappa shape index (κ3) is 17.3. The van der Waals surface area contributed by atoms with E-state index in [1.165, 1.54) is 25.7 Å². The number of esters is 1. The van der Waals surface area contributed by atoms with Crippen molar-refractivity contribution in [1.82, 2.24) is 0 Å². The summed E-state index contributed by atoms with van der Waals surface area (Å²) in [7, 11) is 0. The summed E-state index contributed by atoms with van der Waals surface area (Å²) in [5.41, 5.74) is 0. The minimum atomic E-state index is -0.103. The van der Waals surface area contributed by atoms with Crippen LogP contribution in [0.25, 0.3) is 0 Å². The number of unbranched alkanes of at least 4 members (excludes halogenated alkanes) is 6. The molecule has 0 heterocycles. The van der Waals surface area contributed by atoms with Gasteiger partial charge in [0, 0.05) is 13.0 Å². The molecule has 0 unspecified atom stereocenters. The summed E-state index contributed by atoms with van der Waals surface area (Å²) in [4.78, 5) is 11.4. The van der Waals surface area contributed by atoms with Gasteiger partial charge in [0.2, 0.25) is 0 Å². The Hall–Kier alpha value is -0.610. The highest BCUT2D eigenvalue weighted by Crippen LogP contribution is 2.07. The molecule has 0 rings (SSSR count). The number of carbonyl (C=O) groups excluding carboxylic acids is 1. The first kappa shape index (κ1) is 20.4. The molecule has 4 heteroatoms. The number of carbonyl (C=O) groups is 1. The Morgan fingerprint density at radius 1 is 0.667 bits per heavy atom. The molecule has 0 aromatic heterocycles. The van der Waals surface area contributed by atoms with E-state index < -0.39 is 0 Å². The lowest BCUT2D eigenvalue weighted by molar-refractivity contribution is -0.145. The van der Waals surface area contributed by atoms with Crippen molar-refractivity contribution in [3.8, 4) is 0 Å². The first-order valence-electron chi connectivity index (χ1n) is 8.62. The highest BCUT2D eigenvalue weighted by molar-refractivity contribution is 5.69. The van der Waals surface area contributed by atoms with Crippen molar-refractivity contribution in [3.05, 3.63) is 0 Å². The van der Waals surface area contributed by atoms with Crippen molar-refractivity contribution in [2.45, 2.75) is 71.6 Å². The Labute approximate surface area is 130 Å². The van der Waals surface area contributed by atoms with Gasteiger partial charge in [-0.25, -0.2) is 0 Å². The highest BCUT2D eigenvalue weighted by atomic mass is 16.6. The second kappa shape index (κ2) is 17.4. The molecule has 0 atom stereocenters. The molecule has 126 valence electrons. The summed E-state index contributed by atoms with van der Waals surface area (Å²) in [6.45, 7) is 7.14. The number of rotatable bonds is 16. The smallest absolute Gasteiger partial charge is 0.305 e. The van der Waals surface area contributed by atoms with E-state index in [0.29, 0.717) is 32.8 Å². The largest absolute Gasteiger partial charge is 0.463 e. The van der Waals surface area contributed by atoms with E-state index in [2.05, 4.69) is 13.8 Å². The molecule has 0 amide bonds. The normalized spacial score (nSPS) is 10.8. The van der Waals surface area contributed by atoms with E-state index in [1.54, 1.807) is 0 Å². The van der Waals surface area contributed by atoms with Crippen LogP contribution in [0.15, 0.2) is 0 Å². The molecule has 0 radical (unpaired) electrons. The number of ether oxygens (including phenoxy) is 3. The average Bonchev–Trinajstić information content (AvgIpc) is 2.49. The van der Waals surface area contributed by atoms with E-state index in [4.69, 9.17) is 14.2 Å². The van der Waals surface area contributed by atoms with Crippen LogP contribution in [0, 0.1) is 0 Å². The van der Waals surface area contributed by atoms with Crippen molar-refractivity contribution in [3.63, 3.8) is 0 Å². The van der Waals surface area contributed by atoms with Crippen molar-refractivity contribution in [2.24, 2.45) is 0 Å². The molecule has 0 saturated carbocycles. The highest BCUT2D eigenvalue weighted by Gasteiger charge is 2.02. The Morgan fingerprint density at radius 2 is 1.24 bits per heavy atom.